The van der Waals surface area contributed by atoms with Gasteiger partial charge < -0.3 is 5.73 Å². The summed E-state index contributed by atoms with van der Waals surface area (Å²) in [5.41, 5.74) is 6.70. The van der Waals surface area contributed by atoms with Gasteiger partial charge in [0.25, 0.3) is 0 Å². The molecule has 1 saturated heterocycles. The van der Waals surface area contributed by atoms with Crippen molar-refractivity contribution in [1.29, 1.82) is 0 Å². The third kappa shape index (κ3) is 2.67. The molecule has 0 spiro atoms. The molecule has 1 unspecified atom stereocenters. The van der Waals surface area contributed by atoms with Crippen molar-refractivity contribution in [3.05, 3.63) is 22.7 Å². The van der Waals surface area contributed by atoms with Crippen molar-refractivity contribution < 1.29 is 8.42 Å². The van der Waals surface area contributed by atoms with Crippen LogP contribution in [-0.2, 0) is 10.0 Å². The highest BCUT2D eigenvalue weighted by molar-refractivity contribution is 7.89. The second-order valence-corrected chi connectivity index (χ2v) is 7.97. The van der Waals surface area contributed by atoms with Gasteiger partial charge in [0, 0.05) is 12.6 Å². The van der Waals surface area contributed by atoms with Gasteiger partial charge in [0.2, 0.25) is 10.0 Å². The number of halogens is 1. The fourth-order valence-corrected chi connectivity index (χ4v) is 5.09. The first-order chi connectivity index (χ1) is 9.25. The van der Waals surface area contributed by atoms with Crippen molar-refractivity contribution in [2.24, 2.45) is 5.92 Å². The molecule has 4 nitrogen and oxygen atoms in total. The summed E-state index contributed by atoms with van der Waals surface area (Å²) in [7, 11) is -3.51. The first kappa shape index (κ1) is 15.6. The number of hydrogen-bond donors (Lipinski definition) is 1. The molecule has 112 valence electrons. The summed E-state index contributed by atoms with van der Waals surface area (Å²) < 4.78 is 27.3. The summed E-state index contributed by atoms with van der Waals surface area (Å²) in [6.45, 7) is 6.44. The molecule has 0 amide bonds. The van der Waals surface area contributed by atoms with Gasteiger partial charge in [-0.2, -0.15) is 4.31 Å². The summed E-state index contributed by atoms with van der Waals surface area (Å²) in [5, 5.41) is 0.392. The van der Waals surface area contributed by atoms with Crippen molar-refractivity contribution in [3.63, 3.8) is 0 Å². The van der Waals surface area contributed by atoms with Gasteiger partial charge in [-0.05, 0) is 43.4 Å². The molecule has 1 aliphatic rings. The number of nitrogens with two attached hydrogens (primary N) is 1. The first-order valence-corrected chi connectivity index (χ1v) is 8.64. The lowest BCUT2D eigenvalue weighted by Crippen LogP contribution is -2.38. The SMILES string of the molecule is Cc1cc(Cl)c(N)cc1S(=O)(=O)N1CCCC1C(C)C. The van der Waals surface area contributed by atoms with E-state index in [0.717, 1.165) is 12.8 Å². The topological polar surface area (TPSA) is 63.4 Å². The Labute approximate surface area is 126 Å². The molecule has 1 aromatic rings. The van der Waals surface area contributed by atoms with E-state index in [9.17, 15) is 8.42 Å². The predicted octanol–water partition coefficient (Wildman–Crippen LogP) is 3.04. The Balaban J connectivity index is 2.48. The van der Waals surface area contributed by atoms with Gasteiger partial charge in [-0.3, -0.25) is 0 Å². The van der Waals surface area contributed by atoms with E-state index in [-0.39, 0.29) is 10.9 Å². The number of rotatable bonds is 3. The molecule has 1 fully saturated rings. The van der Waals surface area contributed by atoms with Gasteiger partial charge in [0.05, 0.1) is 15.6 Å². The average Bonchev–Trinajstić information content (AvgIpc) is 2.83. The Kier molecular flexibility index (Phi) is 4.33. The second-order valence-electron chi connectivity index (χ2n) is 5.71. The van der Waals surface area contributed by atoms with E-state index in [2.05, 4.69) is 13.8 Å². The minimum Gasteiger partial charge on any atom is -0.397 e. The molecule has 0 radical (unpaired) electrons. The van der Waals surface area contributed by atoms with E-state index >= 15 is 0 Å². The summed E-state index contributed by atoms with van der Waals surface area (Å²) in [6, 6.07) is 3.16. The zero-order valence-corrected chi connectivity index (χ0v) is 13.6. The van der Waals surface area contributed by atoms with Gasteiger partial charge in [-0.15, -0.1) is 0 Å². The van der Waals surface area contributed by atoms with Crippen LogP contribution in [0, 0.1) is 12.8 Å². The maximum Gasteiger partial charge on any atom is 0.243 e. The maximum atomic E-state index is 12.9. The van der Waals surface area contributed by atoms with Crippen LogP contribution in [0.2, 0.25) is 5.02 Å². The van der Waals surface area contributed by atoms with E-state index < -0.39 is 10.0 Å². The molecule has 0 aliphatic carbocycles. The lowest BCUT2D eigenvalue weighted by Gasteiger charge is -2.27. The molecule has 1 heterocycles. The zero-order valence-electron chi connectivity index (χ0n) is 12.1. The Morgan fingerprint density at radius 2 is 2.05 bits per heavy atom. The monoisotopic (exact) mass is 316 g/mol. The normalized spacial score (nSPS) is 20.8. The van der Waals surface area contributed by atoms with E-state index in [1.807, 2.05) is 0 Å². The first-order valence-electron chi connectivity index (χ1n) is 6.82. The highest BCUT2D eigenvalue weighted by Gasteiger charge is 2.37. The Morgan fingerprint density at radius 3 is 2.65 bits per heavy atom. The lowest BCUT2D eigenvalue weighted by atomic mass is 10.0. The maximum absolute atomic E-state index is 12.9. The summed E-state index contributed by atoms with van der Waals surface area (Å²) in [5.74, 6) is 0.303. The number of anilines is 1. The quantitative estimate of drug-likeness (QED) is 0.872. The summed E-state index contributed by atoms with van der Waals surface area (Å²) >= 11 is 5.94. The van der Waals surface area contributed by atoms with E-state index in [4.69, 9.17) is 17.3 Å². The summed E-state index contributed by atoms with van der Waals surface area (Å²) in [6.07, 6.45) is 1.82. The van der Waals surface area contributed by atoms with Crippen molar-refractivity contribution >= 4 is 27.3 Å². The molecular weight excluding hydrogens is 296 g/mol. The van der Waals surface area contributed by atoms with Crippen LogP contribution in [0.5, 0.6) is 0 Å². The summed E-state index contributed by atoms with van der Waals surface area (Å²) in [4.78, 5) is 0.270. The lowest BCUT2D eigenvalue weighted by molar-refractivity contribution is 0.315. The molecule has 2 rings (SSSR count). The third-order valence-corrected chi connectivity index (χ3v) is 6.29. The van der Waals surface area contributed by atoms with Crippen molar-refractivity contribution in [2.45, 2.75) is 44.6 Å². The number of nitrogens with zero attached hydrogens (tertiary/aromatic N) is 1. The number of hydrogen-bond acceptors (Lipinski definition) is 3. The van der Waals surface area contributed by atoms with E-state index in [0.29, 0.717) is 28.7 Å². The predicted molar refractivity (Wildman–Crippen MR) is 82.4 cm³/mol. The molecule has 2 N–H and O–H groups in total. The fraction of sp³-hybridized carbons (Fsp3) is 0.571. The van der Waals surface area contributed by atoms with Crippen LogP contribution >= 0.6 is 11.6 Å². The standard InChI is InChI=1S/C14H21ClN2O2S/c1-9(2)13-5-4-6-17(13)20(18,19)14-8-12(16)11(15)7-10(14)3/h7-9,13H,4-6,16H2,1-3H3. The number of nitrogen functional groups attached to an aromatic ring is 1. The fourth-order valence-electron chi connectivity index (χ4n) is 2.80. The number of sulfonamides is 1. The largest absolute Gasteiger partial charge is 0.397 e. The van der Waals surface area contributed by atoms with Gasteiger partial charge in [-0.1, -0.05) is 25.4 Å². The molecule has 1 aromatic carbocycles. The minimum atomic E-state index is -3.51. The third-order valence-electron chi connectivity index (χ3n) is 3.90. The molecule has 0 saturated carbocycles. The van der Waals surface area contributed by atoms with Gasteiger partial charge in [0.15, 0.2) is 0 Å². The van der Waals surface area contributed by atoms with Crippen LogP contribution in [0.1, 0.15) is 32.3 Å². The van der Waals surface area contributed by atoms with Crippen molar-refractivity contribution in [2.75, 3.05) is 12.3 Å². The molecule has 0 bridgehead atoms. The van der Waals surface area contributed by atoms with Crippen LogP contribution in [0.3, 0.4) is 0 Å². The van der Waals surface area contributed by atoms with Gasteiger partial charge in [0.1, 0.15) is 0 Å². The van der Waals surface area contributed by atoms with Crippen LogP contribution in [0.15, 0.2) is 17.0 Å². The highest BCUT2D eigenvalue weighted by Crippen LogP contribution is 2.33. The van der Waals surface area contributed by atoms with Crippen molar-refractivity contribution in [3.8, 4) is 0 Å². The average molecular weight is 317 g/mol. The highest BCUT2D eigenvalue weighted by atomic mass is 35.5. The van der Waals surface area contributed by atoms with Crippen molar-refractivity contribution in [1.82, 2.24) is 4.31 Å². The molecular formula is C14H21ClN2O2S. The second kappa shape index (κ2) is 5.54. The van der Waals surface area contributed by atoms with Crippen LogP contribution in [0.4, 0.5) is 5.69 Å². The number of aryl methyl sites for hydroxylation is 1. The van der Waals surface area contributed by atoms with Crippen LogP contribution in [-0.4, -0.2) is 25.3 Å². The van der Waals surface area contributed by atoms with Crippen LogP contribution < -0.4 is 5.73 Å². The molecule has 1 atom stereocenters. The Morgan fingerprint density at radius 1 is 1.40 bits per heavy atom. The van der Waals surface area contributed by atoms with Gasteiger partial charge >= 0.3 is 0 Å². The smallest absolute Gasteiger partial charge is 0.243 e. The number of benzene rings is 1. The molecule has 6 heteroatoms. The Hall–Kier alpha value is -0.780. The molecule has 20 heavy (non-hydrogen) atoms. The van der Waals surface area contributed by atoms with E-state index in [1.165, 1.54) is 6.07 Å². The molecule has 0 aromatic heterocycles. The van der Waals surface area contributed by atoms with Crippen LogP contribution in [0.25, 0.3) is 0 Å². The molecule has 1 aliphatic heterocycles. The van der Waals surface area contributed by atoms with E-state index in [1.54, 1.807) is 17.3 Å². The zero-order chi connectivity index (χ0) is 15.1. The van der Waals surface area contributed by atoms with Gasteiger partial charge in [-0.25, -0.2) is 8.42 Å². The Bertz CT molecular complexity index is 614. The minimum absolute atomic E-state index is 0.0660.